The summed E-state index contributed by atoms with van der Waals surface area (Å²) in [5.41, 5.74) is 8.34. The van der Waals surface area contributed by atoms with E-state index in [9.17, 15) is 21.9 Å². The Morgan fingerprint density at radius 1 is 0.980 bits per heavy atom. The first kappa shape index (κ1) is 34.4. The number of hydrogen-bond donors (Lipinski definition) is 3. The zero-order valence-corrected chi connectivity index (χ0v) is 29.3. The van der Waals surface area contributed by atoms with Crippen LogP contribution in [0.3, 0.4) is 0 Å². The van der Waals surface area contributed by atoms with Gasteiger partial charge in [0.2, 0.25) is 10.0 Å². The molecule has 1 spiro atoms. The van der Waals surface area contributed by atoms with E-state index < -0.39 is 31.6 Å². The molecule has 4 N–H and O–H groups in total. The third kappa shape index (κ3) is 7.25. The number of rotatable bonds is 13. The van der Waals surface area contributed by atoms with Gasteiger partial charge in [0.15, 0.2) is 9.84 Å². The van der Waals surface area contributed by atoms with E-state index in [0.717, 1.165) is 24.0 Å². The van der Waals surface area contributed by atoms with E-state index >= 15 is 0 Å². The number of hydrogen-bond acceptors (Lipinski definition) is 10. The topological polar surface area (TPSA) is 157 Å². The Kier molecular flexibility index (Phi) is 9.31. The van der Waals surface area contributed by atoms with Crippen molar-refractivity contribution in [3.8, 4) is 22.6 Å². The Hall–Kier alpha value is -3.04. The van der Waals surface area contributed by atoms with E-state index in [2.05, 4.69) is 5.32 Å². The van der Waals surface area contributed by atoms with Crippen LogP contribution >= 0.6 is 0 Å². The number of nitrogens with one attached hydrogen (secondary N) is 1. The third-order valence-electron chi connectivity index (χ3n) is 10.4. The van der Waals surface area contributed by atoms with Gasteiger partial charge in [-0.2, -0.15) is 4.31 Å². The molecule has 2 heterocycles. The highest BCUT2D eigenvalue weighted by Gasteiger charge is 2.45. The lowest BCUT2D eigenvalue weighted by molar-refractivity contribution is -0.0312. The summed E-state index contributed by atoms with van der Waals surface area (Å²) in [6, 6.07) is 19.4. The molecule has 4 aliphatic rings. The number of nitrogens with zero attached hydrogens (tertiary/aromatic N) is 1. The third-order valence-corrected chi connectivity index (χ3v) is 14.5. The first-order valence-electron chi connectivity index (χ1n) is 17.0. The van der Waals surface area contributed by atoms with E-state index in [-0.39, 0.29) is 39.8 Å². The van der Waals surface area contributed by atoms with Crippen molar-refractivity contribution in [3.63, 3.8) is 0 Å². The quantitative estimate of drug-likeness (QED) is 0.240. The Balaban J connectivity index is 0.911. The lowest BCUT2D eigenvalue weighted by Gasteiger charge is -2.38. The summed E-state index contributed by atoms with van der Waals surface area (Å²) in [5, 5.41) is 13.6. The molecule has 0 amide bonds. The summed E-state index contributed by atoms with van der Waals surface area (Å²) in [6.07, 6.45) is 4.36. The monoisotopic (exact) mass is 711 g/mol. The number of benzene rings is 3. The summed E-state index contributed by atoms with van der Waals surface area (Å²) in [4.78, 5) is 0.473. The van der Waals surface area contributed by atoms with Gasteiger partial charge in [-0.1, -0.05) is 30.3 Å². The second-order valence-electron chi connectivity index (χ2n) is 14.0. The number of aliphatic hydroxyl groups excluding tert-OH is 1. The molecule has 49 heavy (non-hydrogen) atoms. The van der Waals surface area contributed by atoms with Crippen molar-refractivity contribution in [2.24, 2.45) is 5.73 Å². The molecule has 3 aromatic rings. The summed E-state index contributed by atoms with van der Waals surface area (Å²) in [5.74, 6) is 1.00. The smallest absolute Gasteiger partial charge is 0.243 e. The van der Waals surface area contributed by atoms with Crippen molar-refractivity contribution in [1.29, 1.82) is 0 Å². The summed E-state index contributed by atoms with van der Waals surface area (Å²) >= 11 is 0. The van der Waals surface area contributed by atoms with Gasteiger partial charge in [-0.3, -0.25) is 0 Å². The van der Waals surface area contributed by atoms with E-state index in [1.54, 1.807) is 43.5 Å². The number of methoxy groups -OCH3 is 1. The van der Waals surface area contributed by atoms with Crippen LogP contribution in [0.2, 0.25) is 0 Å². The summed E-state index contributed by atoms with van der Waals surface area (Å²) in [6.45, 7) is 1.44. The minimum atomic E-state index is -3.76. The van der Waals surface area contributed by atoms with Crippen molar-refractivity contribution in [3.05, 3.63) is 72.3 Å². The van der Waals surface area contributed by atoms with Crippen molar-refractivity contribution in [2.75, 3.05) is 40.0 Å². The van der Waals surface area contributed by atoms with Gasteiger partial charge in [0.05, 0.1) is 34.4 Å². The van der Waals surface area contributed by atoms with Crippen LogP contribution in [0.15, 0.2) is 76.5 Å². The molecule has 11 nitrogen and oxygen atoms in total. The molecule has 7 rings (SSSR count). The minimum Gasteiger partial charge on any atom is -0.496 e. The van der Waals surface area contributed by atoms with E-state index in [4.69, 9.17) is 19.9 Å². The van der Waals surface area contributed by atoms with Crippen molar-refractivity contribution in [1.82, 2.24) is 9.62 Å². The molecule has 0 bridgehead atoms. The predicted molar refractivity (Wildman–Crippen MR) is 185 cm³/mol. The molecular weight excluding hydrogens is 667 g/mol. The van der Waals surface area contributed by atoms with Gasteiger partial charge in [0.25, 0.3) is 0 Å². The molecule has 2 saturated heterocycles. The molecule has 2 aliphatic heterocycles. The lowest BCUT2D eigenvalue weighted by atomic mass is 9.88. The fourth-order valence-electron chi connectivity index (χ4n) is 6.95. The number of ether oxygens (including phenoxy) is 3. The predicted octanol–water partition coefficient (Wildman–Crippen LogP) is 3.59. The second-order valence-corrected chi connectivity index (χ2v) is 18.2. The zero-order valence-electron chi connectivity index (χ0n) is 27.7. The van der Waals surface area contributed by atoms with Crippen molar-refractivity contribution < 1.29 is 36.2 Å². The molecule has 3 aromatic carbocycles. The summed E-state index contributed by atoms with van der Waals surface area (Å²) < 4.78 is 71.8. The molecule has 13 heteroatoms. The minimum absolute atomic E-state index is 0.00872. The van der Waals surface area contributed by atoms with Gasteiger partial charge >= 0.3 is 0 Å². The summed E-state index contributed by atoms with van der Waals surface area (Å²) in [7, 11) is -5.50. The molecule has 0 aromatic heterocycles. The number of aliphatic hydroxyl groups is 1. The molecule has 0 radical (unpaired) electrons. The standard InChI is InChI=1S/C36H45N3O8S2/c1-45-34-12-11-32(20-33(34)25-5-7-26(8-6-25)36(37)13-14-36)49(43,44)39-17-15-35(16-18-39)21-27(23-47-35)38-22-28(40)24-46-29-3-2-4-31(19-29)48(41,42)30-9-10-30/h2-8,11-12,19-20,27-28,30,38,40H,9-10,13-18,21-24,37H2,1H3/t27-,28?/m0/s1. The highest BCUT2D eigenvalue weighted by molar-refractivity contribution is 7.92. The largest absolute Gasteiger partial charge is 0.496 e. The fraction of sp³-hybridized carbons (Fsp3) is 0.500. The first-order valence-corrected chi connectivity index (χ1v) is 20.0. The number of piperidine rings is 1. The first-order chi connectivity index (χ1) is 23.4. The Morgan fingerprint density at radius 2 is 1.71 bits per heavy atom. The maximum atomic E-state index is 13.8. The molecule has 1 unspecified atom stereocenters. The highest BCUT2D eigenvalue weighted by Crippen LogP contribution is 2.44. The Labute approximate surface area is 288 Å². The van der Waals surface area contributed by atoms with Gasteiger partial charge in [0, 0.05) is 36.8 Å². The maximum absolute atomic E-state index is 13.8. The molecular formula is C36H45N3O8S2. The van der Waals surface area contributed by atoms with E-state index in [1.165, 1.54) is 10.4 Å². The Morgan fingerprint density at radius 3 is 2.39 bits per heavy atom. The second kappa shape index (κ2) is 13.3. The normalized spacial score (nSPS) is 22.6. The van der Waals surface area contributed by atoms with Crippen molar-refractivity contribution in [2.45, 2.75) is 83.3 Å². The maximum Gasteiger partial charge on any atom is 0.243 e. The van der Waals surface area contributed by atoms with Gasteiger partial charge in [-0.15, -0.1) is 0 Å². The molecule has 2 saturated carbocycles. The van der Waals surface area contributed by atoms with Gasteiger partial charge in [-0.25, -0.2) is 16.8 Å². The number of nitrogens with two attached hydrogens (primary N) is 1. The van der Waals surface area contributed by atoms with Gasteiger partial charge in [-0.05, 0) is 92.5 Å². The van der Waals surface area contributed by atoms with E-state index in [1.807, 2.05) is 24.3 Å². The average molecular weight is 712 g/mol. The fourth-order valence-corrected chi connectivity index (χ4v) is 10.1. The van der Waals surface area contributed by atoms with Gasteiger partial charge in [0.1, 0.15) is 24.2 Å². The molecule has 2 atom stereocenters. The molecule has 264 valence electrons. The van der Waals surface area contributed by atoms with E-state index in [0.29, 0.717) is 68.9 Å². The Bertz CT molecular complexity index is 1890. The van der Waals surface area contributed by atoms with Crippen LogP contribution in [0.4, 0.5) is 0 Å². The molecule has 4 fully saturated rings. The average Bonchev–Trinajstić information content (AvgIpc) is 4.06. The van der Waals surface area contributed by atoms with Crippen LogP contribution in [0.25, 0.3) is 11.1 Å². The SMILES string of the molecule is COc1ccc(S(=O)(=O)N2CCC3(CC2)C[C@H](NCC(O)COc2cccc(S(=O)(=O)C4CC4)c2)CO3)cc1-c1ccc(C2(N)CC2)cc1. The zero-order chi connectivity index (χ0) is 34.4. The van der Waals surface area contributed by atoms with Crippen LogP contribution in [-0.4, -0.2) is 89.2 Å². The van der Waals surface area contributed by atoms with Crippen LogP contribution < -0.4 is 20.5 Å². The van der Waals surface area contributed by atoms with Gasteiger partial charge < -0.3 is 30.4 Å². The lowest BCUT2D eigenvalue weighted by Crippen LogP contribution is -2.47. The number of sulfonamides is 1. The van der Waals surface area contributed by atoms with Crippen LogP contribution in [0.5, 0.6) is 11.5 Å². The molecule has 2 aliphatic carbocycles. The number of sulfone groups is 1. The van der Waals surface area contributed by atoms with Crippen LogP contribution in [0.1, 0.15) is 50.5 Å². The van der Waals surface area contributed by atoms with Crippen LogP contribution in [-0.2, 0) is 30.1 Å². The highest BCUT2D eigenvalue weighted by atomic mass is 32.2. The van der Waals surface area contributed by atoms with Crippen LogP contribution in [0, 0.1) is 0 Å². The van der Waals surface area contributed by atoms with Crippen molar-refractivity contribution >= 4 is 19.9 Å².